The molecule has 1 atom stereocenters. The Morgan fingerprint density at radius 2 is 1.91 bits per heavy atom. The number of benzene rings is 2. The van der Waals surface area contributed by atoms with Gasteiger partial charge < -0.3 is 20.3 Å². The minimum absolute atomic E-state index is 0.281. The molecule has 0 aliphatic carbocycles. The molecule has 0 amide bonds. The normalized spacial score (nSPS) is 13.5. The van der Waals surface area contributed by atoms with Gasteiger partial charge in [0.2, 0.25) is 0 Å². The summed E-state index contributed by atoms with van der Waals surface area (Å²) >= 11 is 0. The van der Waals surface area contributed by atoms with E-state index in [1.54, 1.807) is 25.3 Å². The molecule has 0 aromatic heterocycles. The minimum Gasteiger partial charge on any atom is -0.496 e. The molecule has 0 radical (unpaired) electrons. The molecule has 5 nitrogen and oxygen atoms in total. The lowest BCUT2D eigenvalue weighted by Gasteiger charge is -2.23. The molecule has 2 aromatic carbocycles. The van der Waals surface area contributed by atoms with Crippen molar-refractivity contribution in [1.29, 1.82) is 0 Å². The molecule has 0 fully saturated rings. The van der Waals surface area contributed by atoms with Crippen molar-refractivity contribution in [3.8, 4) is 11.5 Å². The predicted molar refractivity (Wildman–Crippen MR) is 85.5 cm³/mol. The van der Waals surface area contributed by atoms with Crippen LogP contribution in [0, 0.1) is 0 Å². The highest BCUT2D eigenvalue weighted by molar-refractivity contribution is 5.35. The second-order valence-corrected chi connectivity index (χ2v) is 5.09. The van der Waals surface area contributed by atoms with E-state index in [1.165, 1.54) is 0 Å². The molecule has 22 heavy (non-hydrogen) atoms. The number of hydrogen-bond donors (Lipinski definition) is 3. The molecule has 0 aliphatic heterocycles. The zero-order valence-electron chi connectivity index (χ0n) is 12.7. The number of rotatable bonds is 7. The van der Waals surface area contributed by atoms with Gasteiger partial charge in [-0.3, -0.25) is 5.73 Å². The fraction of sp³-hybridized carbons (Fsp3) is 0.294. The highest BCUT2D eigenvalue weighted by Gasteiger charge is 2.23. The number of para-hydroxylation sites is 1. The Morgan fingerprint density at radius 3 is 2.64 bits per heavy atom. The molecule has 2 rings (SSSR count). The first-order valence-electron chi connectivity index (χ1n) is 7.13. The molecule has 5 heteroatoms. The molecular formula is C17H22N2O3. The average molecular weight is 302 g/mol. The van der Waals surface area contributed by atoms with Crippen LogP contribution in [-0.2, 0) is 12.3 Å². The van der Waals surface area contributed by atoms with Crippen LogP contribution in [0.1, 0.15) is 17.5 Å². The van der Waals surface area contributed by atoms with E-state index >= 15 is 0 Å². The van der Waals surface area contributed by atoms with Gasteiger partial charge in [0.1, 0.15) is 23.8 Å². The lowest BCUT2D eigenvalue weighted by atomic mass is 10.0. The zero-order chi connectivity index (χ0) is 16.0. The van der Waals surface area contributed by atoms with Crippen LogP contribution in [0.5, 0.6) is 11.5 Å². The minimum atomic E-state index is -1.45. The summed E-state index contributed by atoms with van der Waals surface area (Å²) in [4.78, 5) is 0. The molecule has 0 aliphatic rings. The highest BCUT2D eigenvalue weighted by Crippen LogP contribution is 2.25. The summed E-state index contributed by atoms with van der Waals surface area (Å²) < 4.78 is 11.1. The van der Waals surface area contributed by atoms with E-state index in [-0.39, 0.29) is 6.42 Å². The monoisotopic (exact) mass is 302 g/mol. The van der Waals surface area contributed by atoms with Crippen molar-refractivity contribution in [3.05, 3.63) is 59.7 Å². The number of ether oxygens (including phenoxy) is 2. The molecule has 0 saturated heterocycles. The first kappa shape index (κ1) is 16.3. The highest BCUT2D eigenvalue weighted by atomic mass is 16.5. The molecular weight excluding hydrogens is 280 g/mol. The van der Waals surface area contributed by atoms with Crippen LogP contribution in [-0.4, -0.2) is 18.8 Å². The standard InChI is InChI=1S/C17H22N2O3/c1-21-16-8-3-2-5-13(16)12-22-15-7-4-6-14(11-15)17(19,20)9-10-18/h2-8,11,20H,9-10,12,18-19H2,1H3. The molecule has 2 aromatic rings. The number of nitrogens with two attached hydrogens (primary N) is 2. The molecule has 0 heterocycles. The topological polar surface area (TPSA) is 90.7 Å². The molecule has 0 spiro atoms. The number of methoxy groups -OCH3 is 1. The van der Waals surface area contributed by atoms with Crippen molar-refractivity contribution in [2.24, 2.45) is 11.5 Å². The van der Waals surface area contributed by atoms with Gasteiger partial charge in [0.15, 0.2) is 0 Å². The van der Waals surface area contributed by atoms with Gasteiger partial charge in [-0.05, 0) is 24.7 Å². The lowest BCUT2D eigenvalue weighted by molar-refractivity contribution is 0.0366. The van der Waals surface area contributed by atoms with Crippen molar-refractivity contribution in [1.82, 2.24) is 0 Å². The van der Waals surface area contributed by atoms with Crippen molar-refractivity contribution < 1.29 is 14.6 Å². The van der Waals surface area contributed by atoms with Crippen LogP contribution >= 0.6 is 0 Å². The summed E-state index contributed by atoms with van der Waals surface area (Å²) in [6, 6.07) is 14.8. The van der Waals surface area contributed by atoms with E-state index < -0.39 is 5.72 Å². The SMILES string of the molecule is COc1ccccc1COc1cccc(C(N)(O)CCN)c1. The molecule has 118 valence electrons. The van der Waals surface area contributed by atoms with Crippen molar-refractivity contribution in [3.63, 3.8) is 0 Å². The molecule has 0 bridgehead atoms. The Morgan fingerprint density at radius 1 is 1.14 bits per heavy atom. The van der Waals surface area contributed by atoms with Crippen LogP contribution in [0.25, 0.3) is 0 Å². The Hall–Kier alpha value is -2.08. The van der Waals surface area contributed by atoms with E-state index in [9.17, 15) is 5.11 Å². The van der Waals surface area contributed by atoms with Gasteiger partial charge in [-0.15, -0.1) is 0 Å². The second-order valence-electron chi connectivity index (χ2n) is 5.09. The van der Waals surface area contributed by atoms with Gasteiger partial charge >= 0.3 is 0 Å². The van der Waals surface area contributed by atoms with E-state index in [0.29, 0.717) is 24.5 Å². The maximum absolute atomic E-state index is 10.2. The van der Waals surface area contributed by atoms with Gasteiger partial charge in [-0.25, -0.2) is 0 Å². The predicted octanol–water partition coefficient (Wildman–Crippen LogP) is 1.73. The van der Waals surface area contributed by atoms with Crippen molar-refractivity contribution in [2.45, 2.75) is 18.8 Å². The maximum Gasteiger partial charge on any atom is 0.140 e. The van der Waals surface area contributed by atoms with Gasteiger partial charge in [-0.2, -0.15) is 0 Å². The first-order valence-corrected chi connectivity index (χ1v) is 7.13. The number of hydrogen-bond acceptors (Lipinski definition) is 5. The summed E-state index contributed by atoms with van der Waals surface area (Å²) in [7, 11) is 1.63. The van der Waals surface area contributed by atoms with Crippen molar-refractivity contribution in [2.75, 3.05) is 13.7 Å². The molecule has 1 unspecified atom stereocenters. The van der Waals surface area contributed by atoms with Gasteiger partial charge in [0.25, 0.3) is 0 Å². The maximum atomic E-state index is 10.2. The second kappa shape index (κ2) is 7.26. The summed E-state index contributed by atoms with van der Waals surface area (Å²) in [5.74, 6) is 1.40. The third kappa shape index (κ3) is 3.98. The van der Waals surface area contributed by atoms with Crippen LogP contribution in [0.4, 0.5) is 0 Å². The molecule has 5 N–H and O–H groups in total. The first-order chi connectivity index (χ1) is 10.6. The lowest BCUT2D eigenvalue weighted by Crippen LogP contribution is -2.38. The summed E-state index contributed by atoms with van der Waals surface area (Å²) in [6.07, 6.45) is 0.281. The van der Waals surface area contributed by atoms with Gasteiger partial charge in [0, 0.05) is 17.5 Å². The summed E-state index contributed by atoms with van der Waals surface area (Å²) in [5, 5.41) is 10.2. The van der Waals surface area contributed by atoms with E-state index in [2.05, 4.69) is 0 Å². The van der Waals surface area contributed by atoms with Crippen LogP contribution in [0.15, 0.2) is 48.5 Å². The largest absolute Gasteiger partial charge is 0.496 e. The fourth-order valence-corrected chi connectivity index (χ4v) is 2.20. The third-order valence-corrected chi connectivity index (χ3v) is 3.45. The van der Waals surface area contributed by atoms with Crippen LogP contribution in [0.3, 0.4) is 0 Å². The van der Waals surface area contributed by atoms with E-state index in [1.807, 2.05) is 30.3 Å². The zero-order valence-corrected chi connectivity index (χ0v) is 12.7. The van der Waals surface area contributed by atoms with E-state index in [0.717, 1.165) is 11.3 Å². The summed E-state index contributed by atoms with van der Waals surface area (Å²) in [5.41, 5.74) is 11.4. The third-order valence-electron chi connectivity index (χ3n) is 3.45. The smallest absolute Gasteiger partial charge is 0.140 e. The molecule has 0 saturated carbocycles. The number of aliphatic hydroxyl groups is 1. The Kier molecular flexibility index (Phi) is 5.38. The fourth-order valence-electron chi connectivity index (χ4n) is 2.20. The Labute approximate surface area is 130 Å². The van der Waals surface area contributed by atoms with Gasteiger partial charge in [-0.1, -0.05) is 30.3 Å². The Bertz CT molecular complexity index is 614. The Balaban J connectivity index is 2.11. The average Bonchev–Trinajstić information content (AvgIpc) is 2.53. The quantitative estimate of drug-likeness (QED) is 0.678. The van der Waals surface area contributed by atoms with Gasteiger partial charge in [0.05, 0.1) is 7.11 Å². The van der Waals surface area contributed by atoms with E-state index in [4.69, 9.17) is 20.9 Å². The van der Waals surface area contributed by atoms with Crippen LogP contribution in [0.2, 0.25) is 0 Å². The van der Waals surface area contributed by atoms with Crippen molar-refractivity contribution >= 4 is 0 Å². The van der Waals surface area contributed by atoms with Crippen LogP contribution < -0.4 is 20.9 Å². The summed E-state index contributed by atoms with van der Waals surface area (Å²) in [6.45, 7) is 0.673.